The minimum Gasteiger partial charge on any atom is -0.459 e. The maximum absolute atomic E-state index is 12.5. The van der Waals surface area contributed by atoms with Gasteiger partial charge in [-0.05, 0) is 45.7 Å². The van der Waals surface area contributed by atoms with Crippen LogP contribution in [0.4, 0.5) is 5.69 Å². The molecule has 1 saturated heterocycles. The quantitative estimate of drug-likeness (QED) is 0.862. The Morgan fingerprint density at radius 1 is 1.28 bits per heavy atom. The van der Waals surface area contributed by atoms with E-state index in [1.54, 1.807) is 6.20 Å². The maximum Gasteiger partial charge on any atom is 0.325 e. The molecule has 0 bridgehead atoms. The molecule has 131 valence electrons. The lowest BCUT2D eigenvalue weighted by atomic mass is 10.1. The second-order valence-corrected chi connectivity index (χ2v) is 7.21. The van der Waals surface area contributed by atoms with Crippen LogP contribution in [0.3, 0.4) is 0 Å². The molecule has 2 aromatic rings. The minimum absolute atomic E-state index is 0.178. The predicted octanol–water partition coefficient (Wildman–Crippen LogP) is 3.68. The zero-order valence-corrected chi connectivity index (χ0v) is 15.0. The highest BCUT2D eigenvalue weighted by atomic mass is 16.6. The molecule has 1 aliphatic heterocycles. The van der Waals surface area contributed by atoms with E-state index in [9.17, 15) is 4.79 Å². The molecule has 1 atom stereocenters. The predicted molar refractivity (Wildman–Crippen MR) is 97.7 cm³/mol. The third kappa shape index (κ3) is 4.37. The lowest BCUT2D eigenvalue weighted by Gasteiger charge is -2.28. The number of carbonyl (C=O) groups excluding carboxylic acids is 1. The van der Waals surface area contributed by atoms with Gasteiger partial charge in [0.2, 0.25) is 0 Å². The standard InChI is InChI=1S/C20H24N3O2/c1-20(2,3)25-19(24)18-11-7-13-23(18)22-17-10-5-4-9-16(17)15-8-6-12-21-14-15/h4-6,8-10,12,18,22H,7,11,13H2,1-3H3. The molecule has 1 unspecified atom stereocenters. The molecule has 1 aromatic carbocycles. The molecule has 2 heterocycles. The summed E-state index contributed by atoms with van der Waals surface area (Å²) in [7, 11) is 0. The van der Waals surface area contributed by atoms with Crippen LogP contribution in [0.15, 0.2) is 42.6 Å². The van der Waals surface area contributed by atoms with Gasteiger partial charge >= 0.3 is 5.97 Å². The first-order chi connectivity index (χ1) is 11.9. The van der Waals surface area contributed by atoms with Gasteiger partial charge in [-0.25, -0.2) is 5.01 Å². The van der Waals surface area contributed by atoms with E-state index in [4.69, 9.17) is 4.74 Å². The molecule has 5 heteroatoms. The van der Waals surface area contributed by atoms with Crippen LogP contribution >= 0.6 is 0 Å². The van der Waals surface area contributed by atoms with Crippen molar-refractivity contribution in [2.45, 2.75) is 45.3 Å². The van der Waals surface area contributed by atoms with E-state index in [-0.39, 0.29) is 12.0 Å². The number of nitrogens with zero attached hydrogens (tertiary/aromatic N) is 2. The average molecular weight is 338 g/mol. The van der Waals surface area contributed by atoms with Crippen LogP contribution in [-0.2, 0) is 9.53 Å². The van der Waals surface area contributed by atoms with Crippen LogP contribution in [0.1, 0.15) is 33.6 Å². The summed E-state index contributed by atoms with van der Waals surface area (Å²) in [5, 5.41) is 1.98. The van der Waals surface area contributed by atoms with Crippen LogP contribution in [0.5, 0.6) is 0 Å². The molecule has 0 spiro atoms. The smallest absolute Gasteiger partial charge is 0.325 e. The second kappa shape index (κ2) is 7.23. The summed E-state index contributed by atoms with van der Waals surface area (Å²) in [5.41, 5.74) is 5.78. The van der Waals surface area contributed by atoms with E-state index in [0.29, 0.717) is 0 Å². The molecule has 1 aliphatic rings. The first-order valence-corrected chi connectivity index (χ1v) is 8.62. The van der Waals surface area contributed by atoms with Crippen molar-refractivity contribution in [3.8, 4) is 11.1 Å². The van der Waals surface area contributed by atoms with E-state index < -0.39 is 5.60 Å². The van der Waals surface area contributed by atoms with Crippen LogP contribution < -0.4 is 5.43 Å². The summed E-state index contributed by atoms with van der Waals surface area (Å²) >= 11 is 0. The zero-order chi connectivity index (χ0) is 17.9. The number of para-hydroxylation sites is 1. The summed E-state index contributed by atoms with van der Waals surface area (Å²) in [6, 6.07) is 11.6. The molecular formula is C20H24N3O2. The van der Waals surface area contributed by atoms with Gasteiger partial charge in [0.05, 0.1) is 11.9 Å². The van der Waals surface area contributed by atoms with Crippen molar-refractivity contribution in [1.82, 2.24) is 9.99 Å². The number of pyridine rings is 1. The fraction of sp³-hybridized carbons (Fsp3) is 0.400. The Morgan fingerprint density at radius 3 is 2.80 bits per heavy atom. The highest BCUT2D eigenvalue weighted by Gasteiger charge is 2.34. The summed E-state index contributed by atoms with van der Waals surface area (Å²) in [6.45, 7) is 6.48. The van der Waals surface area contributed by atoms with E-state index in [1.807, 2.05) is 62.2 Å². The fourth-order valence-corrected chi connectivity index (χ4v) is 2.96. The number of hydrogen-bond acceptors (Lipinski definition) is 5. The molecule has 1 fully saturated rings. The molecule has 25 heavy (non-hydrogen) atoms. The maximum atomic E-state index is 12.5. The van der Waals surface area contributed by atoms with Gasteiger partial charge in [0.1, 0.15) is 11.6 Å². The highest BCUT2D eigenvalue weighted by Crippen LogP contribution is 2.29. The molecule has 5 nitrogen and oxygen atoms in total. The Labute approximate surface area is 149 Å². The van der Waals surface area contributed by atoms with Crippen LogP contribution in [-0.4, -0.2) is 34.1 Å². The van der Waals surface area contributed by atoms with Gasteiger partial charge in [0.25, 0.3) is 0 Å². The molecule has 1 aromatic heterocycles. The van der Waals surface area contributed by atoms with E-state index in [0.717, 1.165) is 36.2 Å². The van der Waals surface area contributed by atoms with Gasteiger partial charge < -0.3 is 10.2 Å². The Morgan fingerprint density at radius 2 is 2.08 bits per heavy atom. The number of hydrogen-bond donors (Lipinski definition) is 1. The number of anilines is 1. The highest BCUT2D eigenvalue weighted by molar-refractivity contribution is 5.79. The number of rotatable bonds is 4. The number of ether oxygens (including phenoxy) is 1. The molecule has 0 saturated carbocycles. The Bertz CT molecular complexity index is 725. The summed E-state index contributed by atoms with van der Waals surface area (Å²) in [6.07, 6.45) is 6.47. The van der Waals surface area contributed by atoms with Gasteiger partial charge in [0.15, 0.2) is 0 Å². The minimum atomic E-state index is -0.478. The first-order valence-electron chi connectivity index (χ1n) is 8.62. The number of hydrazine groups is 1. The van der Waals surface area contributed by atoms with Crippen molar-refractivity contribution >= 4 is 11.7 Å². The summed E-state index contributed by atoms with van der Waals surface area (Å²) in [4.78, 5) is 16.6. The summed E-state index contributed by atoms with van der Waals surface area (Å²) in [5.74, 6) is -0.178. The third-order valence-corrected chi connectivity index (χ3v) is 4.02. The lowest BCUT2D eigenvalue weighted by Crippen LogP contribution is -2.43. The monoisotopic (exact) mass is 338 g/mol. The van der Waals surface area contributed by atoms with Crippen molar-refractivity contribution < 1.29 is 9.53 Å². The van der Waals surface area contributed by atoms with Crippen LogP contribution in [0.2, 0.25) is 0 Å². The largest absolute Gasteiger partial charge is 0.459 e. The average Bonchev–Trinajstić information content (AvgIpc) is 3.03. The number of benzene rings is 1. The van der Waals surface area contributed by atoms with Gasteiger partial charge in [-0.2, -0.15) is 0 Å². The zero-order valence-electron chi connectivity index (χ0n) is 15.0. The third-order valence-electron chi connectivity index (χ3n) is 4.02. The van der Waals surface area contributed by atoms with Crippen molar-refractivity contribution in [1.29, 1.82) is 0 Å². The number of nitrogens with one attached hydrogen (secondary N) is 1. The fourth-order valence-electron chi connectivity index (χ4n) is 2.96. The Hall–Kier alpha value is -2.40. The normalized spacial score (nSPS) is 18.1. The SMILES string of the molecule is CC(C)(C)OC(=O)C1CCCN1Nc1ccccc1-c1[c]nccc1. The topological polar surface area (TPSA) is 54.5 Å². The molecule has 1 radical (unpaired) electrons. The Balaban J connectivity index is 1.79. The van der Waals surface area contributed by atoms with E-state index in [2.05, 4.69) is 16.6 Å². The van der Waals surface area contributed by atoms with Crippen molar-refractivity contribution in [3.63, 3.8) is 0 Å². The van der Waals surface area contributed by atoms with E-state index in [1.165, 1.54) is 0 Å². The number of esters is 1. The number of carbonyl (C=O) groups is 1. The lowest BCUT2D eigenvalue weighted by molar-refractivity contribution is -0.159. The molecule has 3 rings (SSSR count). The number of aromatic nitrogens is 1. The van der Waals surface area contributed by atoms with Crippen molar-refractivity contribution in [3.05, 3.63) is 48.8 Å². The van der Waals surface area contributed by atoms with Crippen molar-refractivity contribution in [2.24, 2.45) is 0 Å². The van der Waals surface area contributed by atoms with Crippen molar-refractivity contribution in [2.75, 3.05) is 12.0 Å². The van der Waals surface area contributed by atoms with E-state index >= 15 is 0 Å². The first kappa shape index (κ1) is 17.4. The van der Waals surface area contributed by atoms with Gasteiger partial charge in [-0.3, -0.25) is 9.78 Å². The van der Waals surface area contributed by atoms with Gasteiger partial charge in [-0.1, -0.05) is 24.3 Å². The Kier molecular flexibility index (Phi) is 5.04. The van der Waals surface area contributed by atoms with Gasteiger partial charge in [0, 0.05) is 23.9 Å². The second-order valence-electron chi connectivity index (χ2n) is 7.21. The summed E-state index contributed by atoms with van der Waals surface area (Å²) < 4.78 is 5.57. The molecular weight excluding hydrogens is 314 g/mol. The molecule has 1 N–H and O–H groups in total. The van der Waals surface area contributed by atoms with Crippen LogP contribution in [0, 0.1) is 6.20 Å². The molecule has 0 amide bonds. The van der Waals surface area contributed by atoms with Gasteiger partial charge in [-0.15, -0.1) is 0 Å². The van der Waals surface area contributed by atoms with Crippen LogP contribution in [0.25, 0.3) is 11.1 Å². The molecule has 0 aliphatic carbocycles.